The number of hydrogen-bond donors (Lipinski definition) is 0. The van der Waals surface area contributed by atoms with Gasteiger partial charge in [0.2, 0.25) is 0 Å². The van der Waals surface area contributed by atoms with Crippen LogP contribution in [0.5, 0.6) is 0 Å². The summed E-state index contributed by atoms with van der Waals surface area (Å²) in [6, 6.07) is 78.6. The Morgan fingerprint density at radius 3 is 1.32 bits per heavy atom. The number of furan rings is 2. The third-order valence-corrected chi connectivity index (χ3v) is 13.5. The fourth-order valence-corrected chi connectivity index (χ4v) is 10.9. The molecule has 4 nitrogen and oxygen atoms in total. The van der Waals surface area contributed by atoms with Gasteiger partial charge >= 0.3 is 0 Å². The molecule has 0 unspecified atom stereocenters. The van der Waals surface area contributed by atoms with E-state index in [1.807, 2.05) is 0 Å². The van der Waals surface area contributed by atoms with Crippen LogP contribution >= 0.6 is 0 Å². The van der Waals surface area contributed by atoms with Crippen LogP contribution in [-0.4, -0.2) is 0 Å². The molecule has 2 aromatic heterocycles. The zero-order chi connectivity index (χ0) is 42.9. The Balaban J connectivity index is 1.27. The summed E-state index contributed by atoms with van der Waals surface area (Å²) < 4.78 is 14.7. The molecule has 13 rings (SSSR count). The molecule has 2 aliphatic rings. The topological polar surface area (TPSA) is 32.8 Å². The average Bonchev–Trinajstić information content (AvgIpc) is 4.05. The van der Waals surface area contributed by atoms with Crippen molar-refractivity contribution in [1.82, 2.24) is 0 Å². The van der Waals surface area contributed by atoms with Gasteiger partial charge in [-0.25, -0.2) is 0 Å². The number of rotatable bonds is 8. The first kappa shape index (κ1) is 37.2. The number of aryl methyl sites for hydroxylation is 1. The normalized spacial score (nSPS) is 13.5. The largest absolute Gasteiger partial charge is 0.456 e. The Morgan fingerprint density at radius 1 is 0.415 bits per heavy atom. The fourth-order valence-electron chi connectivity index (χ4n) is 10.9. The van der Waals surface area contributed by atoms with Gasteiger partial charge < -0.3 is 18.6 Å². The number of anilines is 6. The van der Waals surface area contributed by atoms with Gasteiger partial charge in [-0.05, 0) is 108 Å². The lowest BCUT2D eigenvalue weighted by atomic mass is 9.67. The molecule has 0 spiro atoms. The molecule has 0 saturated carbocycles. The minimum atomic E-state index is -0.820. The molecule has 0 aliphatic heterocycles. The van der Waals surface area contributed by atoms with Crippen LogP contribution in [0.2, 0.25) is 0 Å². The monoisotopic (exact) mass is 834 g/mol. The number of hydrogen-bond acceptors (Lipinski definition) is 4. The summed E-state index contributed by atoms with van der Waals surface area (Å²) in [4.78, 5) is 4.83. The van der Waals surface area contributed by atoms with Crippen molar-refractivity contribution >= 4 is 73.1 Å². The maximum absolute atomic E-state index is 7.39. The summed E-state index contributed by atoms with van der Waals surface area (Å²) >= 11 is 0. The van der Waals surface area contributed by atoms with Crippen LogP contribution in [0, 0.1) is 0 Å². The molecule has 2 heterocycles. The molecule has 0 radical (unpaired) electrons. The molecule has 308 valence electrons. The maximum Gasteiger partial charge on any atom is 0.145 e. The summed E-state index contributed by atoms with van der Waals surface area (Å²) in [6.45, 7) is 0. The molecule has 2 aliphatic carbocycles. The first-order valence-electron chi connectivity index (χ1n) is 22.5. The Labute approximate surface area is 377 Å². The molecular formula is C61H42N2O2. The van der Waals surface area contributed by atoms with Crippen LogP contribution in [0.25, 0.3) is 50.1 Å². The predicted octanol–water partition coefficient (Wildman–Crippen LogP) is 16.6. The fraction of sp³-hybridized carbons (Fsp3) is 0.0492. The number of nitrogens with zero attached hydrogens (tertiary/aromatic N) is 2. The first-order chi connectivity index (χ1) is 32.3. The van der Waals surface area contributed by atoms with Crippen LogP contribution in [0.3, 0.4) is 0 Å². The third kappa shape index (κ3) is 5.57. The second-order valence-corrected chi connectivity index (χ2v) is 17.0. The minimum Gasteiger partial charge on any atom is -0.456 e. The van der Waals surface area contributed by atoms with E-state index in [-0.39, 0.29) is 0 Å². The lowest BCUT2D eigenvalue weighted by Crippen LogP contribution is -2.29. The summed E-state index contributed by atoms with van der Waals surface area (Å²) in [5.41, 5.74) is 16.1. The lowest BCUT2D eigenvalue weighted by molar-refractivity contribution is 0.596. The van der Waals surface area contributed by atoms with Gasteiger partial charge in [0.25, 0.3) is 0 Å². The van der Waals surface area contributed by atoms with Gasteiger partial charge in [-0.3, -0.25) is 0 Å². The van der Waals surface area contributed by atoms with Crippen LogP contribution in [-0.2, 0) is 11.8 Å². The van der Waals surface area contributed by atoms with Gasteiger partial charge in [0.15, 0.2) is 0 Å². The molecular weight excluding hydrogens is 793 g/mol. The van der Waals surface area contributed by atoms with Gasteiger partial charge in [-0.2, -0.15) is 0 Å². The highest BCUT2D eigenvalue weighted by atomic mass is 16.3. The van der Waals surface area contributed by atoms with E-state index >= 15 is 0 Å². The van der Waals surface area contributed by atoms with Gasteiger partial charge in [0, 0.05) is 50.2 Å². The smallest absolute Gasteiger partial charge is 0.145 e. The number of benzene rings is 9. The van der Waals surface area contributed by atoms with Gasteiger partial charge in [-0.15, -0.1) is 0 Å². The Hall–Kier alpha value is -8.34. The van der Waals surface area contributed by atoms with Crippen LogP contribution < -0.4 is 9.80 Å². The number of allylic oxidation sites excluding steroid dienone is 1. The first-order valence-corrected chi connectivity index (χ1v) is 22.5. The van der Waals surface area contributed by atoms with E-state index in [9.17, 15) is 0 Å². The van der Waals surface area contributed by atoms with Gasteiger partial charge in [0.1, 0.15) is 22.5 Å². The van der Waals surface area contributed by atoms with E-state index in [1.165, 1.54) is 5.56 Å². The van der Waals surface area contributed by atoms with Crippen molar-refractivity contribution in [3.8, 4) is 11.1 Å². The zero-order valence-corrected chi connectivity index (χ0v) is 35.6. The van der Waals surface area contributed by atoms with E-state index in [4.69, 9.17) is 8.83 Å². The van der Waals surface area contributed by atoms with E-state index in [1.54, 1.807) is 0 Å². The third-order valence-electron chi connectivity index (χ3n) is 13.5. The molecule has 9 aromatic carbocycles. The van der Waals surface area contributed by atoms with Gasteiger partial charge in [0.05, 0.1) is 22.2 Å². The highest BCUT2D eigenvalue weighted by Gasteiger charge is 2.51. The molecule has 4 heteroatoms. The van der Waals surface area contributed by atoms with Gasteiger partial charge in [-0.1, -0.05) is 158 Å². The molecule has 0 fully saturated rings. The molecule has 0 N–H and O–H groups in total. The average molecular weight is 835 g/mol. The molecule has 11 aromatic rings. The molecule has 0 saturated heterocycles. The highest BCUT2D eigenvalue weighted by Crippen LogP contribution is 2.64. The van der Waals surface area contributed by atoms with Crippen LogP contribution in [0.1, 0.15) is 40.0 Å². The van der Waals surface area contributed by atoms with Crippen molar-refractivity contribution in [2.45, 2.75) is 18.3 Å². The number of fused-ring (bicyclic) bond motifs is 11. The second-order valence-electron chi connectivity index (χ2n) is 17.0. The van der Waals surface area contributed by atoms with E-state index in [0.717, 1.165) is 119 Å². The van der Waals surface area contributed by atoms with Crippen LogP contribution in [0.15, 0.2) is 233 Å². The van der Waals surface area contributed by atoms with Crippen molar-refractivity contribution in [2.75, 3.05) is 9.80 Å². The summed E-state index contributed by atoms with van der Waals surface area (Å²) in [7, 11) is 0. The summed E-state index contributed by atoms with van der Waals surface area (Å²) in [6.07, 6.45) is 6.24. The van der Waals surface area contributed by atoms with Crippen molar-refractivity contribution in [1.29, 1.82) is 0 Å². The molecule has 0 amide bonds. The van der Waals surface area contributed by atoms with E-state index in [2.05, 4.69) is 240 Å². The summed E-state index contributed by atoms with van der Waals surface area (Å²) in [5, 5.41) is 3.24. The quantitative estimate of drug-likeness (QED) is 0.153. The highest BCUT2D eigenvalue weighted by molar-refractivity contribution is 6.22. The zero-order valence-electron chi connectivity index (χ0n) is 35.6. The van der Waals surface area contributed by atoms with Crippen LogP contribution in [0.4, 0.5) is 34.1 Å². The lowest BCUT2D eigenvalue weighted by Gasteiger charge is -2.36. The maximum atomic E-state index is 7.39. The Bertz CT molecular complexity index is 3460. The molecule has 65 heavy (non-hydrogen) atoms. The molecule has 0 bridgehead atoms. The Morgan fingerprint density at radius 2 is 0.831 bits per heavy atom. The number of para-hydroxylation sites is 5. The van der Waals surface area contributed by atoms with Crippen molar-refractivity contribution in [3.05, 3.63) is 258 Å². The predicted molar refractivity (Wildman–Crippen MR) is 268 cm³/mol. The Kier molecular flexibility index (Phi) is 8.53. The molecule has 0 atom stereocenters. The van der Waals surface area contributed by atoms with Crippen molar-refractivity contribution < 1.29 is 8.83 Å². The van der Waals surface area contributed by atoms with E-state index < -0.39 is 5.41 Å². The van der Waals surface area contributed by atoms with E-state index in [0.29, 0.717) is 0 Å². The minimum absolute atomic E-state index is 0.820. The standard InChI is InChI=1S/C61H42N2O2/c1-7-23-41(24-8-1)61(42-25-9-2-10-26-42)49-39-51(62(43-27-11-3-12-28-43)44-29-13-4-14-30-44)55-47-35-19-21-37-53(47)64-59(55)57(49)58-50(61)40-52(56-48-36-20-22-38-54(48)65-60(56)58)63(45-31-15-5-16-32-45)46-33-17-6-18-34-46/h1-19,21-35,37-40H,20,36H2. The van der Waals surface area contributed by atoms with Crippen molar-refractivity contribution in [2.24, 2.45) is 0 Å². The van der Waals surface area contributed by atoms with Crippen molar-refractivity contribution in [3.63, 3.8) is 0 Å². The SMILES string of the molecule is C1=Cc2oc3c4c(cc(N(c5ccccc5)c5ccccc5)c3c2CC1)C(c1ccccc1)(c1ccccc1)c1cc(N(c2ccccc2)c2ccccc2)c2c(oc3ccccc32)c1-4. The second kappa shape index (κ2) is 14.9. The summed E-state index contributed by atoms with van der Waals surface area (Å²) in [5.74, 6) is 0.914.